The minimum atomic E-state index is -2.04. The van der Waals surface area contributed by atoms with Crippen LogP contribution < -0.4 is 0 Å². The molecule has 5 heteroatoms. The Kier molecular flexibility index (Phi) is 5.22. The molecule has 0 saturated heterocycles. The summed E-state index contributed by atoms with van der Waals surface area (Å²) in [5, 5.41) is 0. The number of hydrogen-bond donors (Lipinski definition) is 0. The molecule has 9 heavy (non-hydrogen) atoms. The molecule has 0 rings (SSSR count). The molecule has 0 aromatic carbocycles. The van der Waals surface area contributed by atoms with Crippen LogP contribution in [-0.4, -0.2) is 14.7 Å². The van der Waals surface area contributed by atoms with Gasteiger partial charge in [-0.3, -0.25) is 0 Å². The molecule has 0 heterocycles. The van der Waals surface area contributed by atoms with E-state index in [4.69, 9.17) is 0 Å². The molecule has 0 aliphatic heterocycles. The zero-order valence-electron chi connectivity index (χ0n) is 7.32. The normalized spacial score (nSPS) is 18.7. The van der Waals surface area contributed by atoms with Gasteiger partial charge in [0, 0.05) is 0 Å². The second kappa shape index (κ2) is 2.74. The molecule has 0 aliphatic rings. The average molecular weight is 287 g/mol. The van der Waals surface area contributed by atoms with Gasteiger partial charge < -0.3 is 0 Å². The summed E-state index contributed by atoms with van der Waals surface area (Å²) >= 11 is -2.04. The van der Waals surface area contributed by atoms with Crippen LogP contribution in [0.2, 0.25) is 18.5 Å². The summed E-state index contributed by atoms with van der Waals surface area (Å²) in [5.41, 5.74) is 0. The van der Waals surface area contributed by atoms with Crippen molar-refractivity contribution in [1.82, 2.24) is 0 Å². The number of halogens is 2. The second-order valence-corrected chi connectivity index (χ2v) is 115. The fourth-order valence-electron chi connectivity index (χ4n) is 0. The Morgan fingerprint density at radius 3 is 0.778 bits per heavy atom. The maximum atomic E-state index is 2.56. The first-order valence-electron chi connectivity index (χ1n) is 3.00. The van der Waals surface area contributed by atoms with E-state index >= 15 is 0 Å². The fraction of sp³-hybridized carbons (Fsp3) is 1.00. The van der Waals surface area contributed by atoms with E-state index in [2.05, 4.69) is 18.5 Å². The molecule has 0 radical (unpaired) electrons. The Hall–Kier alpha value is 1.90. The second-order valence-electron chi connectivity index (χ2n) is 7.50. The van der Waals surface area contributed by atoms with Crippen LogP contribution in [0.5, 0.6) is 0 Å². The Morgan fingerprint density at radius 2 is 0.778 bits per heavy atom. The van der Waals surface area contributed by atoms with Gasteiger partial charge in [0.05, 0.1) is 0 Å². The van der Waals surface area contributed by atoms with Gasteiger partial charge >= 0.3 is 48.9 Å². The standard InChI is InChI=1S/4CH3.2ClH.2H3Si.Zr/h4*1H3;2*1H;2*1H3;. The predicted molar refractivity (Wildman–Crippen MR) is 57.8 cm³/mol. The summed E-state index contributed by atoms with van der Waals surface area (Å²) in [6, 6.07) is 0. The first kappa shape index (κ1) is 17.1. The molecule has 0 unspecified atom stereocenters. The van der Waals surface area contributed by atoms with Crippen molar-refractivity contribution in [2.45, 2.75) is 18.5 Å². The van der Waals surface area contributed by atoms with E-state index < -0.39 is 15.6 Å². The average Bonchev–Trinajstić information content (AvgIpc) is 0.592. The minimum absolute atomic E-state index is 0. The third-order valence-electron chi connectivity index (χ3n) is 0. The summed E-state index contributed by atoms with van der Waals surface area (Å²) in [6.07, 6.45) is 0. The third-order valence-corrected chi connectivity index (χ3v) is 0. The van der Waals surface area contributed by atoms with Crippen molar-refractivity contribution in [3.8, 4) is 0 Å². The molecule has 0 spiro atoms. The zero-order chi connectivity index (χ0) is 6.41. The molecule has 0 saturated carbocycles. The Morgan fingerprint density at radius 1 is 0.778 bits per heavy atom. The van der Waals surface area contributed by atoms with Crippen LogP contribution in [0.4, 0.5) is 0 Å². The maximum absolute atomic E-state index is 2.56. The van der Waals surface area contributed by atoms with E-state index in [1.54, 1.807) is 0 Å². The van der Waals surface area contributed by atoms with Gasteiger partial charge in [-0.05, 0) is 0 Å². The van der Waals surface area contributed by atoms with Crippen LogP contribution in [0, 0.1) is 0 Å². The Labute approximate surface area is 73.0 Å². The zero-order valence-corrected chi connectivity index (χ0v) is 15.4. The van der Waals surface area contributed by atoms with Crippen molar-refractivity contribution in [3.05, 3.63) is 0 Å². The molecule has 0 amide bonds. The summed E-state index contributed by atoms with van der Waals surface area (Å²) in [7, 11) is 2.98. The fourth-order valence-corrected chi connectivity index (χ4v) is 0. The Bertz CT molecular complexity index is 75.1. The van der Waals surface area contributed by atoms with E-state index in [1.165, 1.54) is 14.7 Å². The molecule has 62 valence electrons. The molecule has 0 atom stereocenters. The van der Waals surface area contributed by atoms with Gasteiger partial charge in [-0.25, -0.2) is 0 Å². The van der Waals surface area contributed by atoms with Crippen molar-refractivity contribution in [3.63, 3.8) is 0 Å². The van der Waals surface area contributed by atoms with Gasteiger partial charge in [-0.1, -0.05) is 0 Å². The quantitative estimate of drug-likeness (QED) is 0.578. The molecule has 0 fully saturated rings. The molecular weight excluding hydrogens is 266 g/mol. The molecule has 0 aliphatic carbocycles. The predicted octanol–water partition coefficient (Wildman–Crippen LogP) is 0.808. The molecule has 0 bridgehead atoms. The van der Waals surface area contributed by atoms with Crippen molar-refractivity contribution in [2.75, 3.05) is 0 Å². The number of hydrogen-bond acceptors (Lipinski definition) is 0. The topological polar surface area (TPSA) is 0 Å². The van der Waals surface area contributed by atoms with Crippen LogP contribution >= 0.6 is 24.8 Å². The Balaban J connectivity index is -0.000000180. The van der Waals surface area contributed by atoms with Crippen LogP contribution in [0.3, 0.4) is 0 Å². The van der Waals surface area contributed by atoms with Crippen LogP contribution in [0.25, 0.3) is 0 Å². The molecule has 0 N–H and O–H groups in total. The van der Waals surface area contributed by atoms with E-state index in [0.717, 1.165) is 0 Å². The van der Waals surface area contributed by atoms with Crippen molar-refractivity contribution >= 4 is 39.6 Å². The molecule has 0 aromatic rings. The van der Waals surface area contributed by atoms with Gasteiger partial charge in [0.1, 0.15) is 0 Å². The van der Waals surface area contributed by atoms with Gasteiger partial charge in [-0.15, -0.1) is 24.8 Å². The molecular formula is C4H20Cl2Si2Zr. The van der Waals surface area contributed by atoms with E-state index in [0.29, 0.717) is 0 Å². The van der Waals surface area contributed by atoms with Crippen molar-refractivity contribution in [1.29, 1.82) is 0 Å². The summed E-state index contributed by atoms with van der Waals surface area (Å²) in [6.45, 7) is 0. The van der Waals surface area contributed by atoms with Gasteiger partial charge in [0.2, 0.25) is 0 Å². The van der Waals surface area contributed by atoms with Gasteiger partial charge in [-0.2, -0.15) is 0 Å². The first-order valence-corrected chi connectivity index (χ1v) is 29.6. The monoisotopic (exact) mass is 284 g/mol. The van der Waals surface area contributed by atoms with E-state index in [1.807, 2.05) is 0 Å². The first-order chi connectivity index (χ1) is 2.45. The van der Waals surface area contributed by atoms with Gasteiger partial charge in [0.25, 0.3) is 0 Å². The van der Waals surface area contributed by atoms with Crippen molar-refractivity contribution < 1.29 is 15.6 Å². The van der Waals surface area contributed by atoms with E-state index in [9.17, 15) is 0 Å². The van der Waals surface area contributed by atoms with Crippen LogP contribution in [0.15, 0.2) is 0 Å². The van der Waals surface area contributed by atoms with Crippen LogP contribution in [0.1, 0.15) is 0 Å². The summed E-state index contributed by atoms with van der Waals surface area (Å²) in [4.78, 5) is 0. The molecule has 0 aromatic heterocycles. The summed E-state index contributed by atoms with van der Waals surface area (Å²) < 4.78 is 10.2. The molecule has 0 nitrogen and oxygen atoms in total. The number of rotatable bonds is 0. The van der Waals surface area contributed by atoms with Crippen molar-refractivity contribution in [2.24, 2.45) is 0 Å². The summed E-state index contributed by atoms with van der Waals surface area (Å²) in [5.74, 6) is 0. The van der Waals surface area contributed by atoms with Crippen LogP contribution in [-0.2, 0) is 15.6 Å². The SMILES string of the molecule is Cl.Cl.[CH3][Zr]([CH3])([CH3])([CH3])([SiH3])[SiH3]. The van der Waals surface area contributed by atoms with Gasteiger partial charge in [0.15, 0.2) is 0 Å². The third kappa shape index (κ3) is 172. The van der Waals surface area contributed by atoms with E-state index in [-0.39, 0.29) is 24.8 Å².